The summed E-state index contributed by atoms with van der Waals surface area (Å²) in [5.41, 5.74) is 1.85. The second-order valence-electron chi connectivity index (χ2n) is 8.47. The van der Waals surface area contributed by atoms with Crippen molar-refractivity contribution in [1.29, 1.82) is 0 Å². The number of likely N-dealkylation sites (N-methyl/N-ethyl adjacent to an activating group) is 1. The summed E-state index contributed by atoms with van der Waals surface area (Å²) >= 11 is 9.75. The van der Waals surface area contributed by atoms with Gasteiger partial charge >= 0.3 is 0 Å². The highest BCUT2D eigenvalue weighted by Crippen LogP contribution is 2.28. The molecular weight excluding hydrogens is 578 g/mol. The Morgan fingerprint density at radius 1 is 0.973 bits per heavy atom. The first-order valence-corrected chi connectivity index (χ1v) is 14.7. The van der Waals surface area contributed by atoms with Gasteiger partial charge in [-0.1, -0.05) is 82.1 Å². The lowest BCUT2D eigenvalue weighted by Gasteiger charge is -2.33. The quantitative estimate of drug-likeness (QED) is 0.345. The lowest BCUT2D eigenvalue weighted by molar-refractivity contribution is -0.140. The first-order chi connectivity index (χ1) is 17.6. The molecule has 0 spiro atoms. The third kappa shape index (κ3) is 8.05. The molecule has 37 heavy (non-hydrogen) atoms. The molecule has 0 aliphatic carbocycles. The third-order valence-corrected chi connectivity index (χ3v) is 7.60. The number of sulfonamides is 1. The molecular formula is C27H29BrClN3O4S. The molecule has 196 valence electrons. The molecule has 2 amide bonds. The Morgan fingerprint density at radius 2 is 1.62 bits per heavy atom. The van der Waals surface area contributed by atoms with Crippen LogP contribution in [0.3, 0.4) is 0 Å². The van der Waals surface area contributed by atoms with Gasteiger partial charge in [0.2, 0.25) is 21.8 Å². The fourth-order valence-corrected chi connectivity index (χ4v) is 5.52. The number of anilines is 1. The van der Waals surface area contributed by atoms with Crippen LogP contribution in [0.1, 0.15) is 18.1 Å². The molecule has 0 unspecified atom stereocenters. The fraction of sp³-hybridized carbons (Fsp3) is 0.259. The van der Waals surface area contributed by atoms with Gasteiger partial charge < -0.3 is 10.2 Å². The summed E-state index contributed by atoms with van der Waals surface area (Å²) in [5.74, 6) is -0.851. The Balaban J connectivity index is 2.05. The van der Waals surface area contributed by atoms with E-state index in [1.807, 2.05) is 54.6 Å². The number of nitrogens with zero attached hydrogens (tertiary/aromatic N) is 2. The number of hydrogen-bond acceptors (Lipinski definition) is 4. The van der Waals surface area contributed by atoms with E-state index in [0.717, 1.165) is 26.2 Å². The number of hydrogen-bond donors (Lipinski definition) is 1. The molecule has 0 aliphatic heterocycles. The fourth-order valence-electron chi connectivity index (χ4n) is 3.93. The van der Waals surface area contributed by atoms with Gasteiger partial charge in [-0.2, -0.15) is 0 Å². The lowest BCUT2D eigenvalue weighted by Crippen LogP contribution is -2.53. The number of halogens is 2. The number of nitrogens with one attached hydrogen (secondary N) is 1. The largest absolute Gasteiger partial charge is 0.355 e. The average molecular weight is 607 g/mol. The normalized spacial score (nSPS) is 12.0. The van der Waals surface area contributed by atoms with Crippen LogP contribution >= 0.6 is 27.5 Å². The highest BCUT2D eigenvalue weighted by atomic mass is 79.9. The zero-order chi connectivity index (χ0) is 27.0. The Hall–Kier alpha value is -2.88. The van der Waals surface area contributed by atoms with E-state index in [1.54, 1.807) is 31.2 Å². The van der Waals surface area contributed by atoms with Crippen LogP contribution in [0, 0.1) is 0 Å². The minimum atomic E-state index is -3.87. The van der Waals surface area contributed by atoms with Crippen molar-refractivity contribution in [2.75, 3.05) is 23.7 Å². The van der Waals surface area contributed by atoms with Gasteiger partial charge in [-0.3, -0.25) is 13.9 Å². The highest BCUT2D eigenvalue weighted by Gasteiger charge is 2.33. The van der Waals surface area contributed by atoms with Crippen molar-refractivity contribution in [3.05, 3.63) is 99.5 Å². The number of rotatable bonds is 11. The number of carbonyl (C=O) groups excluding carboxylic acids is 2. The molecule has 1 N–H and O–H groups in total. The first kappa shape index (κ1) is 28.7. The molecule has 0 saturated carbocycles. The van der Waals surface area contributed by atoms with Gasteiger partial charge in [0.05, 0.1) is 17.0 Å². The highest BCUT2D eigenvalue weighted by molar-refractivity contribution is 9.10. The van der Waals surface area contributed by atoms with Crippen LogP contribution in [-0.2, 0) is 32.6 Å². The van der Waals surface area contributed by atoms with Crippen LogP contribution in [0.25, 0.3) is 0 Å². The van der Waals surface area contributed by atoms with E-state index in [1.165, 1.54) is 4.90 Å². The summed E-state index contributed by atoms with van der Waals surface area (Å²) in [5, 5.41) is 3.03. The Labute approximate surface area is 231 Å². The third-order valence-electron chi connectivity index (χ3n) is 5.66. The molecule has 0 heterocycles. The van der Waals surface area contributed by atoms with Gasteiger partial charge in [0, 0.05) is 24.0 Å². The maximum atomic E-state index is 13.9. The van der Waals surface area contributed by atoms with E-state index < -0.39 is 28.5 Å². The van der Waals surface area contributed by atoms with E-state index in [4.69, 9.17) is 11.6 Å². The Kier molecular flexibility index (Phi) is 10.1. The second kappa shape index (κ2) is 13.1. The summed E-state index contributed by atoms with van der Waals surface area (Å²) in [7, 11) is -3.87. The molecule has 10 heteroatoms. The minimum absolute atomic E-state index is 0.104. The SMILES string of the molecule is CCNC(=O)[C@@H](Cc1ccccc1)N(Cc1cccc(Br)c1)C(=O)CN(c1ccccc1Cl)S(C)(=O)=O. The number of para-hydroxylation sites is 1. The van der Waals surface area contributed by atoms with Crippen LogP contribution in [0.2, 0.25) is 5.02 Å². The van der Waals surface area contributed by atoms with Crippen LogP contribution in [0.4, 0.5) is 5.69 Å². The van der Waals surface area contributed by atoms with Crippen LogP contribution in [0.15, 0.2) is 83.3 Å². The van der Waals surface area contributed by atoms with E-state index in [9.17, 15) is 18.0 Å². The predicted molar refractivity (Wildman–Crippen MR) is 151 cm³/mol. The topological polar surface area (TPSA) is 86.8 Å². The molecule has 3 aromatic carbocycles. The smallest absolute Gasteiger partial charge is 0.244 e. The predicted octanol–water partition coefficient (Wildman–Crippen LogP) is 4.64. The molecule has 1 atom stereocenters. The zero-order valence-electron chi connectivity index (χ0n) is 20.6. The molecule has 3 rings (SSSR count). The van der Waals surface area contributed by atoms with Crippen molar-refractivity contribution in [2.24, 2.45) is 0 Å². The zero-order valence-corrected chi connectivity index (χ0v) is 23.8. The van der Waals surface area contributed by atoms with Gasteiger partial charge in [-0.15, -0.1) is 0 Å². The maximum absolute atomic E-state index is 13.9. The van der Waals surface area contributed by atoms with Crippen LogP contribution in [-0.4, -0.2) is 50.5 Å². The summed E-state index contributed by atoms with van der Waals surface area (Å²) in [6.07, 6.45) is 1.28. The van der Waals surface area contributed by atoms with Gasteiger partial charge in [-0.25, -0.2) is 8.42 Å². The van der Waals surface area contributed by atoms with Gasteiger partial charge in [0.15, 0.2) is 0 Å². The minimum Gasteiger partial charge on any atom is -0.355 e. The first-order valence-electron chi connectivity index (χ1n) is 11.7. The second-order valence-corrected chi connectivity index (χ2v) is 11.7. The number of benzene rings is 3. The van der Waals surface area contributed by atoms with E-state index in [-0.39, 0.29) is 29.6 Å². The van der Waals surface area contributed by atoms with Crippen molar-refractivity contribution < 1.29 is 18.0 Å². The van der Waals surface area contributed by atoms with Crippen LogP contribution in [0.5, 0.6) is 0 Å². The molecule has 3 aromatic rings. The number of carbonyl (C=O) groups is 2. The Morgan fingerprint density at radius 3 is 2.24 bits per heavy atom. The van der Waals surface area contributed by atoms with Gasteiger partial charge in [0.25, 0.3) is 0 Å². The maximum Gasteiger partial charge on any atom is 0.244 e. The Bertz CT molecular complexity index is 1340. The number of amides is 2. The standard InChI is InChI=1S/C27H29BrClN3O4S/c1-3-30-27(34)25(17-20-10-5-4-6-11-20)31(18-21-12-9-13-22(28)16-21)26(33)19-32(37(2,35)36)24-15-8-7-14-23(24)29/h4-16,25H,3,17-19H2,1-2H3,(H,30,34)/t25-/m1/s1. The molecule has 0 aromatic heterocycles. The molecule has 0 radical (unpaired) electrons. The molecule has 0 aliphatic rings. The summed E-state index contributed by atoms with van der Waals surface area (Å²) in [6.45, 7) is 1.78. The van der Waals surface area contributed by atoms with Crippen molar-refractivity contribution >= 4 is 55.1 Å². The van der Waals surface area contributed by atoms with Gasteiger partial charge in [-0.05, 0) is 42.3 Å². The molecule has 0 bridgehead atoms. The summed E-state index contributed by atoms with van der Waals surface area (Å²) in [6, 6.07) is 22.4. The van der Waals surface area contributed by atoms with E-state index >= 15 is 0 Å². The van der Waals surface area contributed by atoms with E-state index in [0.29, 0.717) is 6.54 Å². The van der Waals surface area contributed by atoms with Crippen molar-refractivity contribution in [3.63, 3.8) is 0 Å². The monoisotopic (exact) mass is 605 g/mol. The summed E-state index contributed by atoms with van der Waals surface area (Å²) in [4.78, 5) is 28.6. The average Bonchev–Trinajstić information content (AvgIpc) is 2.85. The van der Waals surface area contributed by atoms with Crippen molar-refractivity contribution in [3.8, 4) is 0 Å². The van der Waals surface area contributed by atoms with Crippen LogP contribution < -0.4 is 9.62 Å². The lowest BCUT2D eigenvalue weighted by atomic mass is 10.0. The summed E-state index contributed by atoms with van der Waals surface area (Å²) < 4.78 is 27.3. The van der Waals surface area contributed by atoms with Crippen molar-refractivity contribution in [1.82, 2.24) is 10.2 Å². The molecule has 0 saturated heterocycles. The molecule has 0 fully saturated rings. The van der Waals surface area contributed by atoms with Crippen molar-refractivity contribution in [2.45, 2.75) is 25.9 Å². The van der Waals surface area contributed by atoms with E-state index in [2.05, 4.69) is 21.2 Å². The molecule has 7 nitrogen and oxygen atoms in total. The van der Waals surface area contributed by atoms with Gasteiger partial charge in [0.1, 0.15) is 12.6 Å².